The van der Waals surface area contributed by atoms with Gasteiger partial charge in [0.15, 0.2) is 0 Å². The first-order valence-electron chi connectivity index (χ1n) is 4.63. The molecule has 0 atom stereocenters. The zero-order valence-corrected chi connectivity index (χ0v) is 9.26. The van der Waals surface area contributed by atoms with Gasteiger partial charge in [-0.15, -0.1) is 0 Å². The summed E-state index contributed by atoms with van der Waals surface area (Å²) in [6, 6.07) is 3.76. The molecule has 5 nitrogen and oxygen atoms in total. The van der Waals surface area contributed by atoms with Crippen molar-refractivity contribution in [2.45, 2.75) is 6.92 Å². The van der Waals surface area contributed by atoms with Gasteiger partial charge in [0, 0.05) is 6.07 Å². The SMILES string of the molecule is COc1cc(C)c(NCNN)c(OC)c1. The number of aryl methyl sites for hydroxylation is 1. The summed E-state index contributed by atoms with van der Waals surface area (Å²) in [4.78, 5) is 0. The number of hydrogen-bond donors (Lipinski definition) is 3. The van der Waals surface area contributed by atoms with Crippen LogP contribution in [0, 0.1) is 6.92 Å². The summed E-state index contributed by atoms with van der Waals surface area (Å²) in [5, 5.41) is 3.12. The molecule has 1 aromatic carbocycles. The fourth-order valence-corrected chi connectivity index (χ4v) is 1.37. The summed E-state index contributed by atoms with van der Waals surface area (Å²) in [5.74, 6) is 6.71. The predicted molar refractivity (Wildman–Crippen MR) is 60.1 cm³/mol. The van der Waals surface area contributed by atoms with Gasteiger partial charge in [0.1, 0.15) is 11.5 Å². The maximum absolute atomic E-state index is 5.25. The molecule has 0 aliphatic rings. The number of nitrogens with one attached hydrogen (secondary N) is 2. The van der Waals surface area contributed by atoms with Crippen LogP contribution in [0.2, 0.25) is 0 Å². The van der Waals surface area contributed by atoms with Gasteiger partial charge < -0.3 is 14.8 Å². The van der Waals surface area contributed by atoms with Gasteiger partial charge in [-0.2, -0.15) is 0 Å². The molecule has 0 saturated carbocycles. The van der Waals surface area contributed by atoms with Crippen LogP contribution in [0.15, 0.2) is 12.1 Å². The molecule has 0 heterocycles. The molecule has 0 bridgehead atoms. The highest BCUT2D eigenvalue weighted by molar-refractivity contribution is 5.64. The van der Waals surface area contributed by atoms with E-state index in [1.54, 1.807) is 14.2 Å². The molecule has 0 fully saturated rings. The molecule has 0 radical (unpaired) electrons. The molecule has 5 heteroatoms. The van der Waals surface area contributed by atoms with Crippen LogP contribution >= 0.6 is 0 Å². The number of methoxy groups -OCH3 is 2. The maximum atomic E-state index is 5.25. The van der Waals surface area contributed by atoms with Crippen molar-refractivity contribution in [3.8, 4) is 11.5 Å². The fourth-order valence-electron chi connectivity index (χ4n) is 1.37. The van der Waals surface area contributed by atoms with Crippen molar-refractivity contribution in [1.82, 2.24) is 5.43 Å². The Morgan fingerprint density at radius 2 is 2.00 bits per heavy atom. The van der Waals surface area contributed by atoms with Gasteiger partial charge in [0.2, 0.25) is 0 Å². The second-order valence-electron chi connectivity index (χ2n) is 3.08. The van der Waals surface area contributed by atoms with E-state index in [-0.39, 0.29) is 0 Å². The van der Waals surface area contributed by atoms with Crippen molar-refractivity contribution in [1.29, 1.82) is 0 Å². The second-order valence-corrected chi connectivity index (χ2v) is 3.08. The zero-order valence-electron chi connectivity index (χ0n) is 9.26. The van der Waals surface area contributed by atoms with Crippen LogP contribution in [0.4, 0.5) is 5.69 Å². The van der Waals surface area contributed by atoms with Crippen LogP contribution in [0.5, 0.6) is 11.5 Å². The minimum Gasteiger partial charge on any atom is -0.497 e. The highest BCUT2D eigenvalue weighted by atomic mass is 16.5. The standard InChI is InChI=1S/C10H17N3O2/c1-7-4-8(14-2)5-9(15-3)10(7)12-6-13-11/h4-5,12-13H,6,11H2,1-3H3. The van der Waals surface area contributed by atoms with Crippen molar-refractivity contribution in [3.63, 3.8) is 0 Å². The average molecular weight is 211 g/mol. The van der Waals surface area contributed by atoms with Crippen LogP contribution in [0.1, 0.15) is 5.56 Å². The highest BCUT2D eigenvalue weighted by Crippen LogP contribution is 2.32. The normalized spacial score (nSPS) is 9.87. The molecule has 1 rings (SSSR count). The lowest BCUT2D eigenvalue weighted by Crippen LogP contribution is -2.28. The van der Waals surface area contributed by atoms with E-state index < -0.39 is 0 Å². The number of hydrazine groups is 1. The molecule has 4 N–H and O–H groups in total. The number of benzene rings is 1. The van der Waals surface area contributed by atoms with Crippen LogP contribution in [-0.2, 0) is 0 Å². The first-order chi connectivity index (χ1) is 7.22. The molecule has 0 saturated heterocycles. The van der Waals surface area contributed by atoms with Gasteiger partial charge in [-0.05, 0) is 18.6 Å². The average Bonchev–Trinajstić information content (AvgIpc) is 2.26. The van der Waals surface area contributed by atoms with E-state index in [0.717, 1.165) is 22.7 Å². The maximum Gasteiger partial charge on any atom is 0.145 e. The van der Waals surface area contributed by atoms with Crippen molar-refractivity contribution >= 4 is 5.69 Å². The molecule has 0 unspecified atom stereocenters. The summed E-state index contributed by atoms with van der Waals surface area (Å²) in [7, 11) is 3.25. The smallest absolute Gasteiger partial charge is 0.145 e. The lowest BCUT2D eigenvalue weighted by atomic mass is 10.1. The van der Waals surface area contributed by atoms with Crippen molar-refractivity contribution in [2.24, 2.45) is 5.84 Å². The monoisotopic (exact) mass is 211 g/mol. The third-order valence-corrected chi connectivity index (χ3v) is 2.10. The van der Waals surface area contributed by atoms with Gasteiger partial charge in [0.25, 0.3) is 0 Å². The number of hydrogen-bond acceptors (Lipinski definition) is 5. The third-order valence-electron chi connectivity index (χ3n) is 2.10. The number of ether oxygens (including phenoxy) is 2. The summed E-state index contributed by atoms with van der Waals surface area (Å²) in [5.41, 5.74) is 4.48. The Morgan fingerprint density at radius 1 is 1.27 bits per heavy atom. The minimum atomic E-state index is 0.476. The van der Waals surface area contributed by atoms with E-state index in [4.69, 9.17) is 15.3 Å². The largest absolute Gasteiger partial charge is 0.497 e. The van der Waals surface area contributed by atoms with E-state index in [9.17, 15) is 0 Å². The first-order valence-corrected chi connectivity index (χ1v) is 4.63. The molecule has 0 aliphatic heterocycles. The first kappa shape index (κ1) is 11.6. The Kier molecular flexibility index (Phi) is 4.20. The van der Waals surface area contributed by atoms with E-state index in [0.29, 0.717) is 6.67 Å². The van der Waals surface area contributed by atoms with Gasteiger partial charge in [-0.1, -0.05) is 0 Å². The highest BCUT2D eigenvalue weighted by Gasteiger charge is 2.08. The Labute approximate surface area is 89.5 Å². The molecule has 0 aliphatic carbocycles. The van der Waals surface area contributed by atoms with Crippen LogP contribution < -0.4 is 26.1 Å². The molecular formula is C10H17N3O2. The zero-order chi connectivity index (χ0) is 11.3. The molecule has 0 amide bonds. The number of nitrogens with two attached hydrogens (primary N) is 1. The van der Waals surface area contributed by atoms with Crippen LogP contribution in [0.3, 0.4) is 0 Å². The molecular weight excluding hydrogens is 194 g/mol. The van der Waals surface area contributed by atoms with E-state index in [1.807, 2.05) is 19.1 Å². The number of anilines is 1. The molecule has 15 heavy (non-hydrogen) atoms. The number of rotatable bonds is 5. The Bertz CT molecular complexity index is 329. The molecule has 84 valence electrons. The molecule has 1 aromatic rings. The fraction of sp³-hybridized carbons (Fsp3) is 0.400. The second kappa shape index (κ2) is 5.43. The van der Waals surface area contributed by atoms with Crippen LogP contribution in [0.25, 0.3) is 0 Å². The topological polar surface area (TPSA) is 68.5 Å². The van der Waals surface area contributed by atoms with Gasteiger partial charge in [-0.25, -0.2) is 5.43 Å². The summed E-state index contributed by atoms with van der Waals surface area (Å²) >= 11 is 0. The summed E-state index contributed by atoms with van der Waals surface area (Å²) in [6.07, 6.45) is 0. The summed E-state index contributed by atoms with van der Waals surface area (Å²) < 4.78 is 10.4. The Morgan fingerprint density at radius 3 is 2.53 bits per heavy atom. The molecule has 0 aromatic heterocycles. The van der Waals surface area contributed by atoms with Crippen molar-refractivity contribution < 1.29 is 9.47 Å². The molecule has 0 spiro atoms. The van der Waals surface area contributed by atoms with Gasteiger partial charge in [-0.3, -0.25) is 5.84 Å². The van der Waals surface area contributed by atoms with E-state index >= 15 is 0 Å². The summed E-state index contributed by atoms with van der Waals surface area (Å²) in [6.45, 7) is 2.45. The third kappa shape index (κ3) is 2.74. The van der Waals surface area contributed by atoms with Gasteiger partial charge >= 0.3 is 0 Å². The quantitative estimate of drug-likeness (QED) is 0.382. The minimum absolute atomic E-state index is 0.476. The van der Waals surface area contributed by atoms with Gasteiger partial charge in [0.05, 0.1) is 26.6 Å². The van der Waals surface area contributed by atoms with Crippen molar-refractivity contribution in [3.05, 3.63) is 17.7 Å². The predicted octanol–water partition coefficient (Wildman–Crippen LogP) is 0.845. The lowest BCUT2D eigenvalue weighted by molar-refractivity contribution is 0.395. The Hall–Kier alpha value is -1.46. The lowest BCUT2D eigenvalue weighted by Gasteiger charge is -2.15. The van der Waals surface area contributed by atoms with E-state index in [1.165, 1.54) is 0 Å². The van der Waals surface area contributed by atoms with Crippen molar-refractivity contribution in [2.75, 3.05) is 26.2 Å². The van der Waals surface area contributed by atoms with Crippen LogP contribution in [-0.4, -0.2) is 20.9 Å². The van der Waals surface area contributed by atoms with E-state index in [2.05, 4.69) is 10.7 Å². The Balaban J connectivity index is 3.01.